The summed E-state index contributed by atoms with van der Waals surface area (Å²) in [6.45, 7) is 3.76. The van der Waals surface area contributed by atoms with E-state index in [-0.39, 0.29) is 17.2 Å². The highest BCUT2D eigenvalue weighted by Crippen LogP contribution is 2.44. The van der Waals surface area contributed by atoms with Gasteiger partial charge in [0.2, 0.25) is 5.75 Å². The lowest BCUT2D eigenvalue weighted by Crippen LogP contribution is -2.18. The number of benzene rings is 2. The van der Waals surface area contributed by atoms with Crippen LogP contribution < -0.4 is 0 Å². The van der Waals surface area contributed by atoms with Crippen LogP contribution in [-0.2, 0) is 5.41 Å². The molecule has 19 heavy (non-hydrogen) atoms. The molecule has 0 aromatic heterocycles. The van der Waals surface area contributed by atoms with Crippen molar-refractivity contribution in [3.63, 3.8) is 0 Å². The number of hydrogen-bond acceptors (Lipinski definition) is 4. The van der Waals surface area contributed by atoms with Gasteiger partial charge in [-0.3, -0.25) is 0 Å². The van der Waals surface area contributed by atoms with Crippen molar-refractivity contribution in [2.45, 2.75) is 19.3 Å². The van der Waals surface area contributed by atoms with Crippen LogP contribution in [0.1, 0.15) is 25.0 Å². The highest BCUT2D eigenvalue weighted by atomic mass is 16.3. The summed E-state index contributed by atoms with van der Waals surface area (Å²) >= 11 is 0. The van der Waals surface area contributed by atoms with Crippen molar-refractivity contribution in [1.82, 2.24) is 0 Å². The molecule has 0 fully saturated rings. The van der Waals surface area contributed by atoms with Crippen LogP contribution in [0.15, 0.2) is 36.4 Å². The number of hydrogen-bond donors (Lipinski definition) is 4. The molecule has 4 nitrogen and oxygen atoms in total. The van der Waals surface area contributed by atoms with Gasteiger partial charge in [-0.15, -0.1) is 0 Å². The Morgan fingerprint density at radius 1 is 0.737 bits per heavy atom. The maximum Gasteiger partial charge on any atom is 0.200 e. The van der Waals surface area contributed by atoms with Crippen LogP contribution in [0.4, 0.5) is 0 Å². The monoisotopic (exact) mass is 260 g/mol. The molecule has 0 unspecified atom stereocenters. The molecule has 0 saturated carbocycles. The van der Waals surface area contributed by atoms with Crippen molar-refractivity contribution >= 4 is 0 Å². The third-order valence-corrected chi connectivity index (χ3v) is 3.39. The van der Waals surface area contributed by atoms with Crippen molar-refractivity contribution in [3.05, 3.63) is 47.5 Å². The van der Waals surface area contributed by atoms with Crippen LogP contribution >= 0.6 is 0 Å². The first-order valence-corrected chi connectivity index (χ1v) is 5.88. The highest BCUT2D eigenvalue weighted by Gasteiger charge is 2.28. The largest absolute Gasteiger partial charge is 0.508 e. The van der Waals surface area contributed by atoms with Crippen LogP contribution in [0.25, 0.3) is 0 Å². The first-order valence-electron chi connectivity index (χ1n) is 5.88. The topological polar surface area (TPSA) is 80.9 Å². The molecule has 0 saturated heterocycles. The summed E-state index contributed by atoms with van der Waals surface area (Å²) in [7, 11) is 0. The molecule has 4 N–H and O–H groups in total. The van der Waals surface area contributed by atoms with E-state index in [0.29, 0.717) is 5.56 Å². The molecule has 0 atom stereocenters. The minimum absolute atomic E-state index is 0.164. The van der Waals surface area contributed by atoms with Gasteiger partial charge in [0, 0.05) is 11.0 Å². The van der Waals surface area contributed by atoms with Crippen LogP contribution in [0.2, 0.25) is 0 Å². The third kappa shape index (κ3) is 2.17. The van der Waals surface area contributed by atoms with Gasteiger partial charge in [0.25, 0.3) is 0 Å². The van der Waals surface area contributed by atoms with Gasteiger partial charge in [-0.2, -0.15) is 0 Å². The minimum atomic E-state index is -0.580. The van der Waals surface area contributed by atoms with Gasteiger partial charge in [-0.25, -0.2) is 0 Å². The highest BCUT2D eigenvalue weighted by molar-refractivity contribution is 5.57. The summed E-state index contributed by atoms with van der Waals surface area (Å²) in [4.78, 5) is 0. The Morgan fingerprint density at radius 3 is 1.89 bits per heavy atom. The van der Waals surface area contributed by atoms with Gasteiger partial charge in [0.15, 0.2) is 11.5 Å². The van der Waals surface area contributed by atoms with E-state index >= 15 is 0 Å². The van der Waals surface area contributed by atoms with Crippen LogP contribution in [0.3, 0.4) is 0 Å². The van der Waals surface area contributed by atoms with E-state index in [1.54, 1.807) is 30.3 Å². The summed E-state index contributed by atoms with van der Waals surface area (Å²) in [6, 6.07) is 9.53. The Bertz CT molecular complexity index is 600. The zero-order valence-corrected chi connectivity index (χ0v) is 10.8. The average Bonchev–Trinajstić information content (AvgIpc) is 2.36. The summed E-state index contributed by atoms with van der Waals surface area (Å²) in [5, 5.41) is 38.2. The predicted molar refractivity (Wildman–Crippen MR) is 71.7 cm³/mol. The maximum absolute atomic E-state index is 9.97. The van der Waals surface area contributed by atoms with E-state index in [4.69, 9.17) is 0 Å². The molecule has 0 aliphatic heterocycles. The molecule has 0 amide bonds. The number of phenolic OH excluding ortho intramolecular Hbond substituents is 4. The molecule has 0 aliphatic rings. The Labute approximate surface area is 111 Å². The maximum atomic E-state index is 9.97. The van der Waals surface area contributed by atoms with Gasteiger partial charge < -0.3 is 20.4 Å². The first-order chi connectivity index (χ1) is 8.84. The second-order valence-electron chi connectivity index (χ2n) is 5.00. The number of rotatable bonds is 2. The van der Waals surface area contributed by atoms with E-state index < -0.39 is 11.2 Å². The molecule has 0 spiro atoms. The quantitative estimate of drug-likeness (QED) is 0.626. The van der Waals surface area contributed by atoms with Gasteiger partial charge in [-0.05, 0) is 23.8 Å². The van der Waals surface area contributed by atoms with Gasteiger partial charge in [-0.1, -0.05) is 32.0 Å². The Balaban J connectivity index is 2.56. The molecular formula is C15H16O4. The van der Waals surface area contributed by atoms with E-state index in [0.717, 1.165) is 5.56 Å². The van der Waals surface area contributed by atoms with Crippen molar-refractivity contribution in [2.24, 2.45) is 0 Å². The zero-order chi connectivity index (χ0) is 14.2. The van der Waals surface area contributed by atoms with Gasteiger partial charge in [0.05, 0.1) is 0 Å². The minimum Gasteiger partial charge on any atom is -0.508 e. The molecular weight excluding hydrogens is 244 g/mol. The Kier molecular flexibility index (Phi) is 3.02. The third-order valence-electron chi connectivity index (χ3n) is 3.39. The SMILES string of the molecule is CC(C)(c1ccc(O)cc1)c1ccc(O)c(O)c1O. The van der Waals surface area contributed by atoms with Crippen molar-refractivity contribution < 1.29 is 20.4 Å². The van der Waals surface area contributed by atoms with E-state index in [2.05, 4.69) is 0 Å². The molecule has 100 valence electrons. The van der Waals surface area contributed by atoms with Crippen molar-refractivity contribution in [1.29, 1.82) is 0 Å². The fourth-order valence-corrected chi connectivity index (χ4v) is 2.11. The van der Waals surface area contributed by atoms with E-state index in [9.17, 15) is 20.4 Å². The fourth-order valence-electron chi connectivity index (χ4n) is 2.11. The molecule has 0 aliphatic carbocycles. The summed E-state index contributed by atoms with van der Waals surface area (Å²) in [5.74, 6) is -1.05. The molecule has 0 radical (unpaired) electrons. The summed E-state index contributed by atoms with van der Waals surface area (Å²) in [5.41, 5.74) is 0.780. The first kappa shape index (κ1) is 13.1. The lowest BCUT2D eigenvalue weighted by Gasteiger charge is -2.27. The average molecular weight is 260 g/mol. The molecule has 0 heterocycles. The molecule has 2 aromatic carbocycles. The second-order valence-corrected chi connectivity index (χ2v) is 5.00. The van der Waals surface area contributed by atoms with E-state index in [1.165, 1.54) is 6.07 Å². The zero-order valence-electron chi connectivity index (χ0n) is 10.8. The van der Waals surface area contributed by atoms with Crippen LogP contribution in [0, 0.1) is 0 Å². The lowest BCUT2D eigenvalue weighted by molar-refractivity contribution is 0.360. The predicted octanol–water partition coefficient (Wildman–Crippen LogP) is 2.83. The molecule has 2 rings (SSSR count). The molecule has 4 heteroatoms. The van der Waals surface area contributed by atoms with E-state index in [1.807, 2.05) is 13.8 Å². The smallest absolute Gasteiger partial charge is 0.200 e. The van der Waals surface area contributed by atoms with Crippen molar-refractivity contribution in [2.75, 3.05) is 0 Å². The Hall–Kier alpha value is -2.36. The summed E-state index contributed by atoms with van der Waals surface area (Å²) < 4.78 is 0. The normalized spacial score (nSPS) is 11.5. The van der Waals surface area contributed by atoms with Crippen LogP contribution in [-0.4, -0.2) is 20.4 Å². The molecule has 2 aromatic rings. The molecule has 0 bridgehead atoms. The lowest BCUT2D eigenvalue weighted by atomic mass is 9.77. The fraction of sp³-hybridized carbons (Fsp3) is 0.200. The van der Waals surface area contributed by atoms with Gasteiger partial charge >= 0.3 is 0 Å². The van der Waals surface area contributed by atoms with Crippen LogP contribution in [0.5, 0.6) is 23.0 Å². The number of phenols is 4. The summed E-state index contributed by atoms with van der Waals surface area (Å²) in [6.07, 6.45) is 0. The second kappa shape index (κ2) is 4.39. The Morgan fingerprint density at radius 2 is 1.32 bits per heavy atom. The van der Waals surface area contributed by atoms with Crippen molar-refractivity contribution in [3.8, 4) is 23.0 Å². The number of aromatic hydroxyl groups is 4. The van der Waals surface area contributed by atoms with Gasteiger partial charge in [0.1, 0.15) is 5.75 Å². The standard InChI is InChI=1S/C15H16O4/c1-15(2,9-3-5-10(16)6-4-9)11-7-8-12(17)14(19)13(11)18/h3-8,16-19H,1-2H3.